The van der Waals surface area contributed by atoms with Crippen molar-refractivity contribution in [3.63, 3.8) is 0 Å². The summed E-state index contributed by atoms with van der Waals surface area (Å²) in [6.45, 7) is 6.12. The van der Waals surface area contributed by atoms with Crippen molar-refractivity contribution in [2.45, 2.75) is 51.4 Å². The number of alkyl halides is 3. The van der Waals surface area contributed by atoms with Crippen molar-refractivity contribution >= 4 is 28.9 Å². The van der Waals surface area contributed by atoms with Crippen molar-refractivity contribution in [1.82, 2.24) is 19.9 Å². The van der Waals surface area contributed by atoms with Gasteiger partial charge in [-0.1, -0.05) is 6.07 Å². The van der Waals surface area contributed by atoms with Crippen LogP contribution in [0.3, 0.4) is 0 Å². The summed E-state index contributed by atoms with van der Waals surface area (Å²) >= 11 is 0. The van der Waals surface area contributed by atoms with Gasteiger partial charge in [0.2, 0.25) is 5.95 Å². The third-order valence-corrected chi connectivity index (χ3v) is 5.68. The van der Waals surface area contributed by atoms with E-state index in [0.29, 0.717) is 36.8 Å². The number of likely N-dealkylation sites (tertiary alicyclic amines) is 1. The lowest BCUT2D eigenvalue weighted by Gasteiger charge is -2.34. The Bertz CT molecular complexity index is 1300. The predicted octanol–water partition coefficient (Wildman–Crippen LogP) is 5.15. The Hall–Kier alpha value is -3.83. The lowest BCUT2D eigenvalue weighted by atomic mass is 10.0. The Balaban J connectivity index is 1.64. The number of piperidine rings is 1. The van der Waals surface area contributed by atoms with Crippen LogP contribution < -0.4 is 5.32 Å². The third kappa shape index (κ3) is 5.52. The van der Waals surface area contributed by atoms with E-state index >= 15 is 0 Å². The van der Waals surface area contributed by atoms with Gasteiger partial charge < -0.3 is 25.0 Å². The van der Waals surface area contributed by atoms with Crippen LogP contribution in [-0.4, -0.2) is 61.8 Å². The number of carbonyl (C=O) groups is 2. The van der Waals surface area contributed by atoms with Crippen molar-refractivity contribution in [3.05, 3.63) is 41.7 Å². The lowest BCUT2D eigenvalue weighted by Crippen LogP contribution is -2.47. The number of nitrogens with zero attached hydrogens (tertiary/aromatic N) is 3. The third-order valence-electron chi connectivity index (χ3n) is 5.68. The van der Waals surface area contributed by atoms with E-state index in [1.54, 1.807) is 25.7 Å². The van der Waals surface area contributed by atoms with E-state index in [0.717, 1.165) is 6.20 Å². The molecule has 2 aromatic heterocycles. The van der Waals surface area contributed by atoms with Crippen LogP contribution in [0.5, 0.6) is 0 Å². The molecule has 4 rings (SSSR count). The van der Waals surface area contributed by atoms with E-state index in [9.17, 15) is 27.9 Å². The molecular formula is C24H26F3N5O4. The molecule has 0 spiro atoms. The van der Waals surface area contributed by atoms with Gasteiger partial charge in [-0.2, -0.15) is 13.2 Å². The Labute approximate surface area is 204 Å². The van der Waals surface area contributed by atoms with Crippen LogP contribution in [-0.2, 0) is 10.9 Å². The van der Waals surface area contributed by atoms with Crippen molar-refractivity contribution in [2.75, 3.05) is 18.4 Å². The minimum Gasteiger partial charge on any atom is -0.478 e. The molecule has 12 heteroatoms. The highest BCUT2D eigenvalue weighted by Crippen LogP contribution is 2.39. The van der Waals surface area contributed by atoms with Gasteiger partial charge in [-0.15, -0.1) is 0 Å². The van der Waals surface area contributed by atoms with Crippen LogP contribution in [0.15, 0.2) is 30.6 Å². The SMILES string of the molecule is CC(C)(C)OC(=O)N1CCCC(Nc2ncc(C(F)(F)F)c(-c3c[nH]c4cc(C(=O)O)ccc34)n2)C1. The number of benzene rings is 1. The first-order valence-corrected chi connectivity index (χ1v) is 11.4. The van der Waals surface area contributed by atoms with Crippen molar-refractivity contribution < 1.29 is 32.6 Å². The first-order chi connectivity index (χ1) is 16.8. The van der Waals surface area contributed by atoms with Crippen LogP contribution in [0.1, 0.15) is 49.5 Å². The van der Waals surface area contributed by atoms with Crippen LogP contribution in [0, 0.1) is 0 Å². The molecular weight excluding hydrogens is 479 g/mol. The number of halogens is 3. The van der Waals surface area contributed by atoms with Crippen LogP contribution in [0.4, 0.5) is 23.9 Å². The van der Waals surface area contributed by atoms with Gasteiger partial charge in [-0.25, -0.2) is 19.6 Å². The molecule has 1 amide bonds. The average molecular weight is 505 g/mol. The Morgan fingerprint density at radius 2 is 2.00 bits per heavy atom. The van der Waals surface area contributed by atoms with E-state index in [1.807, 2.05) is 0 Å². The van der Waals surface area contributed by atoms with Crippen LogP contribution in [0.2, 0.25) is 0 Å². The molecule has 1 unspecified atom stereocenters. The van der Waals surface area contributed by atoms with Gasteiger partial charge in [-0.05, 0) is 45.7 Å². The smallest absolute Gasteiger partial charge is 0.419 e. The quantitative estimate of drug-likeness (QED) is 0.448. The topological polar surface area (TPSA) is 120 Å². The van der Waals surface area contributed by atoms with Gasteiger partial charge in [0.15, 0.2) is 0 Å². The van der Waals surface area contributed by atoms with Gasteiger partial charge in [-0.3, -0.25) is 0 Å². The highest BCUT2D eigenvalue weighted by molar-refractivity contribution is 5.99. The number of fused-ring (bicyclic) bond motifs is 1. The molecule has 3 aromatic rings. The number of hydrogen-bond acceptors (Lipinski definition) is 6. The Morgan fingerprint density at radius 1 is 1.25 bits per heavy atom. The largest absolute Gasteiger partial charge is 0.478 e. The number of amides is 1. The van der Waals surface area contributed by atoms with Gasteiger partial charge in [0.1, 0.15) is 11.2 Å². The number of anilines is 1. The fourth-order valence-corrected chi connectivity index (χ4v) is 4.09. The fourth-order valence-electron chi connectivity index (χ4n) is 4.09. The Kier molecular flexibility index (Phi) is 6.54. The maximum absolute atomic E-state index is 13.8. The van der Waals surface area contributed by atoms with E-state index < -0.39 is 29.4 Å². The van der Waals surface area contributed by atoms with E-state index in [2.05, 4.69) is 20.3 Å². The van der Waals surface area contributed by atoms with E-state index in [-0.39, 0.29) is 28.8 Å². The summed E-state index contributed by atoms with van der Waals surface area (Å²) in [5.41, 5.74) is -1.47. The summed E-state index contributed by atoms with van der Waals surface area (Å²) in [4.78, 5) is 36.2. The molecule has 1 saturated heterocycles. The number of aromatic amines is 1. The summed E-state index contributed by atoms with van der Waals surface area (Å²) < 4.78 is 46.9. The Morgan fingerprint density at radius 3 is 2.67 bits per heavy atom. The van der Waals surface area contributed by atoms with E-state index in [4.69, 9.17) is 4.74 Å². The fraction of sp³-hybridized carbons (Fsp3) is 0.417. The molecule has 0 aliphatic carbocycles. The zero-order valence-corrected chi connectivity index (χ0v) is 19.9. The summed E-state index contributed by atoms with van der Waals surface area (Å²) in [5, 5.41) is 12.6. The monoisotopic (exact) mass is 505 g/mol. The predicted molar refractivity (Wildman–Crippen MR) is 126 cm³/mol. The molecule has 192 valence electrons. The number of H-pyrrole nitrogens is 1. The number of carboxylic acids is 1. The highest BCUT2D eigenvalue weighted by atomic mass is 19.4. The highest BCUT2D eigenvalue weighted by Gasteiger charge is 2.36. The van der Waals surface area contributed by atoms with Gasteiger partial charge >= 0.3 is 18.2 Å². The zero-order valence-electron chi connectivity index (χ0n) is 19.9. The molecule has 1 aromatic carbocycles. The number of aromatic nitrogens is 3. The molecule has 3 heterocycles. The molecule has 0 saturated carbocycles. The standard InChI is InChI=1S/C24H26F3N5O4/c1-23(2,3)36-22(35)32-8-4-5-14(12-32)30-21-29-11-17(24(25,26)27)19(31-21)16-10-28-18-9-13(20(33)34)6-7-15(16)18/h6-7,9-11,14,28H,4-5,8,12H2,1-3H3,(H,33,34)(H,29,30,31). The average Bonchev–Trinajstić information content (AvgIpc) is 3.20. The number of aromatic carboxylic acids is 1. The summed E-state index contributed by atoms with van der Waals surface area (Å²) in [6.07, 6.45) is -1.73. The number of rotatable bonds is 4. The minimum atomic E-state index is -4.71. The maximum atomic E-state index is 13.8. The molecule has 36 heavy (non-hydrogen) atoms. The number of hydrogen-bond donors (Lipinski definition) is 3. The van der Waals surface area contributed by atoms with Gasteiger partial charge in [0.05, 0.1) is 11.3 Å². The second-order valence-corrected chi connectivity index (χ2v) is 9.63. The summed E-state index contributed by atoms with van der Waals surface area (Å²) in [7, 11) is 0. The lowest BCUT2D eigenvalue weighted by molar-refractivity contribution is -0.137. The molecule has 9 nitrogen and oxygen atoms in total. The number of nitrogens with one attached hydrogen (secondary N) is 2. The van der Waals surface area contributed by atoms with Gasteiger partial charge in [0, 0.05) is 48.0 Å². The first-order valence-electron chi connectivity index (χ1n) is 11.4. The normalized spacial score (nSPS) is 16.7. The second-order valence-electron chi connectivity index (χ2n) is 9.63. The van der Waals surface area contributed by atoms with E-state index in [1.165, 1.54) is 24.4 Å². The van der Waals surface area contributed by atoms with Crippen molar-refractivity contribution in [2.24, 2.45) is 0 Å². The molecule has 1 aliphatic heterocycles. The summed E-state index contributed by atoms with van der Waals surface area (Å²) in [6, 6.07) is 3.84. The molecule has 1 fully saturated rings. The molecule has 1 atom stereocenters. The molecule has 3 N–H and O–H groups in total. The molecule has 0 radical (unpaired) electrons. The number of carboxylic acid groups (broad SMARTS) is 1. The van der Waals surface area contributed by atoms with Crippen LogP contribution in [0.25, 0.3) is 22.2 Å². The van der Waals surface area contributed by atoms with Crippen LogP contribution >= 0.6 is 0 Å². The summed E-state index contributed by atoms with van der Waals surface area (Å²) in [5.74, 6) is -1.16. The van der Waals surface area contributed by atoms with Crippen molar-refractivity contribution in [1.29, 1.82) is 0 Å². The molecule has 1 aliphatic rings. The molecule has 0 bridgehead atoms. The second kappa shape index (κ2) is 9.32. The van der Waals surface area contributed by atoms with Gasteiger partial charge in [0.25, 0.3) is 0 Å². The maximum Gasteiger partial charge on any atom is 0.419 e. The van der Waals surface area contributed by atoms with Crippen molar-refractivity contribution in [3.8, 4) is 11.3 Å². The minimum absolute atomic E-state index is 0.00354. The number of ether oxygens (including phenoxy) is 1. The number of carbonyl (C=O) groups excluding carboxylic acids is 1. The zero-order chi connectivity index (χ0) is 26.3. The first kappa shape index (κ1) is 25.3.